The van der Waals surface area contributed by atoms with Gasteiger partial charge in [0.25, 0.3) is 0 Å². The molecule has 0 saturated heterocycles. The summed E-state index contributed by atoms with van der Waals surface area (Å²) >= 11 is 0. The predicted octanol–water partition coefficient (Wildman–Crippen LogP) is 3.49. The minimum atomic E-state index is -0.498. The maximum absolute atomic E-state index is 14.5. The normalized spacial score (nSPS) is 15.7. The van der Waals surface area contributed by atoms with Crippen LogP contribution in [0.15, 0.2) is 30.5 Å². The monoisotopic (exact) mass is 359 g/mol. The van der Waals surface area contributed by atoms with E-state index in [1.807, 2.05) is 0 Å². The van der Waals surface area contributed by atoms with Gasteiger partial charge in [0.05, 0.1) is 32.6 Å². The van der Waals surface area contributed by atoms with Crippen LogP contribution in [0.2, 0.25) is 0 Å². The second-order valence-corrected chi connectivity index (χ2v) is 6.60. The van der Waals surface area contributed by atoms with E-state index in [1.54, 1.807) is 18.2 Å². The molecule has 138 valence electrons. The van der Waals surface area contributed by atoms with Gasteiger partial charge >= 0.3 is 5.97 Å². The van der Waals surface area contributed by atoms with E-state index in [-0.39, 0.29) is 6.61 Å². The summed E-state index contributed by atoms with van der Waals surface area (Å²) in [6.07, 6.45) is 4.64. The summed E-state index contributed by atoms with van der Waals surface area (Å²) in [5.41, 5.74) is 1.61. The standard InChI is InChI=1S/C20H22FNO4/c1-25-18-10-15(17(21)11-22-18)14-6-5-13(19(24)26-2)9-16(14)20(12-23)7-3-4-8-20/h5-6,9-11,23H,3-4,7-8,12H2,1-2H3. The Balaban J connectivity index is 2.23. The molecule has 0 aliphatic heterocycles. The van der Waals surface area contributed by atoms with Gasteiger partial charge in [-0.15, -0.1) is 0 Å². The Morgan fingerprint density at radius 2 is 1.96 bits per heavy atom. The van der Waals surface area contributed by atoms with Crippen molar-refractivity contribution in [1.29, 1.82) is 0 Å². The summed E-state index contributed by atoms with van der Waals surface area (Å²) in [7, 11) is 2.79. The summed E-state index contributed by atoms with van der Waals surface area (Å²) in [6, 6.07) is 6.56. The third-order valence-corrected chi connectivity index (χ3v) is 5.20. The molecule has 1 heterocycles. The molecule has 2 aromatic rings. The zero-order valence-corrected chi connectivity index (χ0v) is 14.9. The maximum Gasteiger partial charge on any atom is 0.337 e. The minimum absolute atomic E-state index is 0.0610. The molecule has 0 bridgehead atoms. The molecule has 5 nitrogen and oxygen atoms in total. The number of aliphatic hydroxyl groups excluding tert-OH is 1. The van der Waals surface area contributed by atoms with E-state index in [1.165, 1.54) is 20.3 Å². The van der Waals surface area contributed by atoms with Crippen molar-refractivity contribution >= 4 is 5.97 Å². The van der Waals surface area contributed by atoms with Gasteiger partial charge in [-0.2, -0.15) is 0 Å². The average Bonchev–Trinajstić information content (AvgIpc) is 3.17. The number of rotatable bonds is 5. The van der Waals surface area contributed by atoms with Crippen LogP contribution in [0.5, 0.6) is 5.88 Å². The van der Waals surface area contributed by atoms with E-state index in [9.17, 15) is 14.3 Å². The number of aliphatic hydroxyl groups is 1. The van der Waals surface area contributed by atoms with Crippen molar-refractivity contribution in [2.24, 2.45) is 0 Å². The Morgan fingerprint density at radius 1 is 1.23 bits per heavy atom. The number of esters is 1. The number of pyridine rings is 1. The predicted molar refractivity (Wildman–Crippen MR) is 94.8 cm³/mol. The van der Waals surface area contributed by atoms with Crippen molar-refractivity contribution in [2.45, 2.75) is 31.1 Å². The summed E-state index contributed by atoms with van der Waals surface area (Å²) in [6.45, 7) is -0.0610. The van der Waals surface area contributed by atoms with E-state index in [0.717, 1.165) is 37.4 Å². The smallest absolute Gasteiger partial charge is 0.337 e. The number of methoxy groups -OCH3 is 2. The van der Waals surface area contributed by atoms with Gasteiger partial charge in [0.1, 0.15) is 5.82 Å². The van der Waals surface area contributed by atoms with Crippen LogP contribution in [0.25, 0.3) is 11.1 Å². The number of benzene rings is 1. The van der Waals surface area contributed by atoms with Crippen LogP contribution in [0.3, 0.4) is 0 Å². The second kappa shape index (κ2) is 7.41. The highest BCUT2D eigenvalue weighted by atomic mass is 19.1. The molecule has 0 unspecified atom stereocenters. The molecule has 1 fully saturated rings. The van der Waals surface area contributed by atoms with Gasteiger partial charge in [0.15, 0.2) is 0 Å². The van der Waals surface area contributed by atoms with E-state index in [4.69, 9.17) is 9.47 Å². The highest BCUT2D eigenvalue weighted by Crippen LogP contribution is 2.45. The van der Waals surface area contributed by atoms with Crippen molar-refractivity contribution in [2.75, 3.05) is 20.8 Å². The molecule has 1 aromatic carbocycles. The molecule has 6 heteroatoms. The Bertz CT molecular complexity index is 815. The zero-order chi connectivity index (χ0) is 18.7. The van der Waals surface area contributed by atoms with Gasteiger partial charge in [-0.05, 0) is 36.1 Å². The van der Waals surface area contributed by atoms with E-state index in [2.05, 4.69) is 4.98 Å². The fourth-order valence-corrected chi connectivity index (χ4v) is 3.76. The molecule has 3 rings (SSSR count). The topological polar surface area (TPSA) is 68.7 Å². The Labute approximate surface area is 151 Å². The van der Waals surface area contributed by atoms with Gasteiger partial charge in [0.2, 0.25) is 5.88 Å². The zero-order valence-electron chi connectivity index (χ0n) is 14.9. The van der Waals surface area contributed by atoms with Gasteiger partial charge in [0, 0.05) is 17.0 Å². The van der Waals surface area contributed by atoms with Crippen molar-refractivity contribution in [3.63, 3.8) is 0 Å². The van der Waals surface area contributed by atoms with Crippen LogP contribution in [-0.2, 0) is 10.2 Å². The molecule has 1 aromatic heterocycles. The molecule has 0 amide bonds. The molecular weight excluding hydrogens is 337 g/mol. The number of hydrogen-bond acceptors (Lipinski definition) is 5. The molecular formula is C20H22FNO4. The fraction of sp³-hybridized carbons (Fsp3) is 0.400. The molecule has 26 heavy (non-hydrogen) atoms. The number of ether oxygens (including phenoxy) is 2. The SMILES string of the molecule is COC(=O)c1ccc(-c2cc(OC)ncc2F)c(C2(CO)CCCC2)c1. The fourth-order valence-electron chi connectivity index (χ4n) is 3.76. The lowest BCUT2D eigenvalue weighted by Gasteiger charge is -2.30. The Kier molecular flexibility index (Phi) is 5.23. The van der Waals surface area contributed by atoms with Crippen LogP contribution in [0.1, 0.15) is 41.6 Å². The third kappa shape index (κ3) is 3.17. The lowest BCUT2D eigenvalue weighted by Crippen LogP contribution is -2.28. The van der Waals surface area contributed by atoms with Crippen LogP contribution < -0.4 is 4.74 Å². The van der Waals surface area contributed by atoms with Gasteiger partial charge in [-0.25, -0.2) is 14.2 Å². The number of carbonyl (C=O) groups excluding carboxylic acids is 1. The third-order valence-electron chi connectivity index (χ3n) is 5.20. The maximum atomic E-state index is 14.5. The molecule has 0 atom stereocenters. The quantitative estimate of drug-likeness (QED) is 0.828. The number of hydrogen-bond donors (Lipinski definition) is 1. The average molecular weight is 359 g/mol. The van der Waals surface area contributed by atoms with Crippen molar-refractivity contribution in [3.05, 3.63) is 47.4 Å². The van der Waals surface area contributed by atoms with Crippen molar-refractivity contribution in [1.82, 2.24) is 4.98 Å². The second-order valence-electron chi connectivity index (χ2n) is 6.60. The molecule has 0 radical (unpaired) electrons. The molecule has 1 saturated carbocycles. The number of halogens is 1. The van der Waals surface area contributed by atoms with Crippen LogP contribution >= 0.6 is 0 Å². The Morgan fingerprint density at radius 3 is 2.58 bits per heavy atom. The highest BCUT2D eigenvalue weighted by Gasteiger charge is 2.37. The van der Waals surface area contributed by atoms with E-state index < -0.39 is 17.2 Å². The number of carbonyl (C=O) groups is 1. The van der Waals surface area contributed by atoms with Gasteiger partial charge in [-0.1, -0.05) is 18.9 Å². The van der Waals surface area contributed by atoms with Gasteiger partial charge < -0.3 is 14.6 Å². The number of nitrogens with zero attached hydrogens (tertiary/aromatic N) is 1. The summed E-state index contributed by atoms with van der Waals surface area (Å²) in [5, 5.41) is 10.2. The summed E-state index contributed by atoms with van der Waals surface area (Å²) in [5.74, 6) is -0.644. The first kappa shape index (κ1) is 18.3. The lowest BCUT2D eigenvalue weighted by atomic mass is 9.75. The molecule has 1 N–H and O–H groups in total. The van der Waals surface area contributed by atoms with E-state index in [0.29, 0.717) is 22.6 Å². The van der Waals surface area contributed by atoms with Crippen molar-refractivity contribution in [3.8, 4) is 17.0 Å². The first-order valence-electron chi connectivity index (χ1n) is 8.58. The first-order chi connectivity index (χ1) is 12.5. The first-order valence-corrected chi connectivity index (χ1v) is 8.58. The highest BCUT2D eigenvalue weighted by molar-refractivity contribution is 5.91. The largest absolute Gasteiger partial charge is 0.481 e. The van der Waals surface area contributed by atoms with E-state index >= 15 is 0 Å². The Hall–Kier alpha value is -2.47. The molecule has 0 spiro atoms. The van der Waals surface area contributed by atoms with Crippen molar-refractivity contribution < 1.29 is 23.8 Å². The van der Waals surface area contributed by atoms with Crippen LogP contribution in [0.4, 0.5) is 4.39 Å². The molecule has 1 aliphatic rings. The van der Waals surface area contributed by atoms with Gasteiger partial charge in [-0.3, -0.25) is 0 Å². The minimum Gasteiger partial charge on any atom is -0.481 e. The lowest BCUT2D eigenvalue weighted by molar-refractivity contribution is 0.0600. The summed E-state index contributed by atoms with van der Waals surface area (Å²) < 4.78 is 24.5. The van der Waals surface area contributed by atoms with Crippen LogP contribution in [-0.4, -0.2) is 36.9 Å². The molecule has 1 aliphatic carbocycles. The summed E-state index contributed by atoms with van der Waals surface area (Å²) in [4.78, 5) is 15.9. The van der Waals surface area contributed by atoms with Crippen LogP contribution in [0, 0.1) is 5.82 Å². The number of aromatic nitrogens is 1.